The average molecular weight is 199 g/mol. The van der Waals surface area contributed by atoms with E-state index in [0.29, 0.717) is 6.42 Å². The molecule has 0 aliphatic carbocycles. The zero-order valence-corrected chi connectivity index (χ0v) is 7.95. The molecule has 1 aliphatic rings. The van der Waals surface area contributed by atoms with E-state index < -0.39 is 0 Å². The fourth-order valence-corrected chi connectivity index (χ4v) is 1.81. The van der Waals surface area contributed by atoms with Crippen molar-refractivity contribution in [1.29, 1.82) is 0 Å². The van der Waals surface area contributed by atoms with E-state index in [1.165, 1.54) is 0 Å². The minimum atomic E-state index is 0.0618. The van der Waals surface area contributed by atoms with Gasteiger partial charge < -0.3 is 5.32 Å². The summed E-state index contributed by atoms with van der Waals surface area (Å²) in [5, 5.41) is 9.61. The number of nitrogens with zero attached hydrogens (tertiary/aromatic N) is 1. The maximum Gasteiger partial charge on any atom is 0.228 e. The number of benzene rings is 1. The first-order valence-electron chi connectivity index (χ1n) is 4.75. The highest BCUT2D eigenvalue weighted by Gasteiger charge is 2.17. The van der Waals surface area contributed by atoms with Crippen molar-refractivity contribution in [2.45, 2.75) is 6.42 Å². The lowest BCUT2D eigenvalue weighted by Gasteiger charge is -2.01. The minimum Gasteiger partial charge on any atom is -0.326 e. The van der Waals surface area contributed by atoms with Crippen molar-refractivity contribution in [3.05, 3.63) is 36.0 Å². The number of nitrogens with one attached hydrogen (secondary N) is 2. The Kier molecular flexibility index (Phi) is 1.62. The van der Waals surface area contributed by atoms with Gasteiger partial charge in [0.15, 0.2) is 0 Å². The molecule has 1 amide bonds. The molecule has 2 N–H and O–H groups in total. The molecule has 1 aromatic carbocycles. The minimum absolute atomic E-state index is 0.0618. The van der Waals surface area contributed by atoms with E-state index in [1.54, 1.807) is 6.20 Å². The summed E-state index contributed by atoms with van der Waals surface area (Å²) in [4.78, 5) is 11.2. The smallest absolute Gasteiger partial charge is 0.228 e. The molecule has 74 valence electrons. The van der Waals surface area contributed by atoms with Crippen LogP contribution < -0.4 is 5.32 Å². The molecule has 2 aromatic rings. The molecular weight excluding hydrogens is 190 g/mol. The first-order chi connectivity index (χ1) is 7.33. The van der Waals surface area contributed by atoms with Crippen molar-refractivity contribution in [2.75, 3.05) is 5.32 Å². The largest absolute Gasteiger partial charge is 0.326 e. The van der Waals surface area contributed by atoms with Crippen molar-refractivity contribution in [2.24, 2.45) is 0 Å². The number of rotatable bonds is 1. The third-order valence-electron chi connectivity index (χ3n) is 2.54. The van der Waals surface area contributed by atoms with E-state index in [0.717, 1.165) is 22.5 Å². The number of carbonyl (C=O) groups is 1. The molecule has 0 fully saturated rings. The molecule has 0 unspecified atom stereocenters. The molecule has 0 atom stereocenters. The summed E-state index contributed by atoms with van der Waals surface area (Å²) in [7, 11) is 0. The SMILES string of the molecule is O=C1Cc2cc(-c3ccn[nH]3)ccc2N1. The van der Waals surface area contributed by atoms with Crippen LogP contribution in [0.25, 0.3) is 11.3 Å². The Bertz CT molecular complexity index is 517. The maximum absolute atomic E-state index is 11.2. The van der Waals surface area contributed by atoms with Gasteiger partial charge in [-0.05, 0) is 29.3 Å². The number of fused-ring (bicyclic) bond motifs is 1. The number of amides is 1. The van der Waals surface area contributed by atoms with Crippen LogP contribution in [0.15, 0.2) is 30.5 Å². The first kappa shape index (κ1) is 8.23. The summed E-state index contributed by atoms with van der Waals surface area (Å²) in [5.41, 5.74) is 4.00. The van der Waals surface area contributed by atoms with Crippen molar-refractivity contribution in [3.63, 3.8) is 0 Å². The molecule has 4 nitrogen and oxygen atoms in total. The highest BCUT2D eigenvalue weighted by molar-refractivity contribution is 5.99. The average Bonchev–Trinajstić information content (AvgIpc) is 2.82. The van der Waals surface area contributed by atoms with Gasteiger partial charge in [-0.3, -0.25) is 9.89 Å². The standard InChI is InChI=1S/C11H9N3O/c15-11-6-8-5-7(1-2-9(8)13-11)10-3-4-12-14-10/h1-5H,6H2,(H,12,14)(H,13,15). The second-order valence-electron chi connectivity index (χ2n) is 3.57. The van der Waals surface area contributed by atoms with Crippen LogP contribution in [0.4, 0.5) is 5.69 Å². The fraction of sp³-hybridized carbons (Fsp3) is 0.0909. The van der Waals surface area contributed by atoms with Crippen LogP contribution in [0.5, 0.6) is 0 Å². The molecule has 15 heavy (non-hydrogen) atoms. The summed E-state index contributed by atoms with van der Waals surface area (Å²) in [6.07, 6.45) is 2.18. The number of hydrogen-bond acceptors (Lipinski definition) is 2. The van der Waals surface area contributed by atoms with Gasteiger partial charge in [-0.25, -0.2) is 0 Å². The molecule has 0 saturated heterocycles. The summed E-state index contributed by atoms with van der Waals surface area (Å²) in [5.74, 6) is 0.0618. The lowest BCUT2D eigenvalue weighted by molar-refractivity contribution is -0.115. The van der Waals surface area contributed by atoms with Gasteiger partial charge in [-0.15, -0.1) is 0 Å². The number of H-pyrrole nitrogens is 1. The molecule has 0 bridgehead atoms. The highest BCUT2D eigenvalue weighted by atomic mass is 16.1. The van der Waals surface area contributed by atoms with E-state index in [9.17, 15) is 4.79 Å². The Morgan fingerprint density at radius 3 is 3.00 bits per heavy atom. The predicted molar refractivity (Wildman–Crippen MR) is 56.4 cm³/mol. The van der Waals surface area contributed by atoms with Crippen LogP contribution in [0, 0.1) is 0 Å². The predicted octanol–water partition coefficient (Wildman–Crippen LogP) is 1.57. The van der Waals surface area contributed by atoms with Crippen molar-refractivity contribution in [1.82, 2.24) is 10.2 Å². The summed E-state index contributed by atoms with van der Waals surface area (Å²) < 4.78 is 0. The van der Waals surface area contributed by atoms with Gasteiger partial charge in [0, 0.05) is 11.9 Å². The quantitative estimate of drug-likeness (QED) is 0.732. The molecule has 1 aromatic heterocycles. The van der Waals surface area contributed by atoms with Crippen molar-refractivity contribution in [3.8, 4) is 11.3 Å². The zero-order valence-electron chi connectivity index (χ0n) is 7.95. The monoisotopic (exact) mass is 199 g/mol. The van der Waals surface area contributed by atoms with Crippen LogP contribution >= 0.6 is 0 Å². The lowest BCUT2D eigenvalue weighted by atomic mass is 10.1. The summed E-state index contributed by atoms with van der Waals surface area (Å²) in [6, 6.07) is 7.82. The topological polar surface area (TPSA) is 57.8 Å². The first-order valence-corrected chi connectivity index (χ1v) is 4.75. The molecule has 2 heterocycles. The van der Waals surface area contributed by atoms with Crippen molar-refractivity contribution < 1.29 is 4.79 Å². The molecule has 0 spiro atoms. The fourth-order valence-electron chi connectivity index (χ4n) is 1.81. The van der Waals surface area contributed by atoms with Gasteiger partial charge in [0.25, 0.3) is 0 Å². The number of aromatic nitrogens is 2. The van der Waals surface area contributed by atoms with Gasteiger partial charge in [-0.1, -0.05) is 6.07 Å². The van der Waals surface area contributed by atoms with E-state index in [-0.39, 0.29) is 5.91 Å². The Labute approximate surface area is 86.3 Å². The van der Waals surface area contributed by atoms with Crippen LogP contribution in [0.1, 0.15) is 5.56 Å². The van der Waals surface area contributed by atoms with Crippen LogP contribution in [-0.4, -0.2) is 16.1 Å². The van der Waals surface area contributed by atoms with Crippen LogP contribution in [0.2, 0.25) is 0 Å². The third-order valence-corrected chi connectivity index (χ3v) is 2.54. The van der Waals surface area contributed by atoms with Gasteiger partial charge in [-0.2, -0.15) is 5.10 Å². The number of carbonyl (C=O) groups excluding carboxylic acids is 1. The molecule has 0 radical (unpaired) electrons. The molecular formula is C11H9N3O. The third kappa shape index (κ3) is 1.30. The van der Waals surface area contributed by atoms with E-state index in [2.05, 4.69) is 15.5 Å². The summed E-state index contributed by atoms with van der Waals surface area (Å²) >= 11 is 0. The summed E-state index contributed by atoms with van der Waals surface area (Å²) in [6.45, 7) is 0. The molecule has 0 saturated carbocycles. The zero-order chi connectivity index (χ0) is 10.3. The molecule has 4 heteroatoms. The van der Waals surface area contributed by atoms with Crippen molar-refractivity contribution >= 4 is 11.6 Å². The Morgan fingerprint density at radius 2 is 2.20 bits per heavy atom. The van der Waals surface area contributed by atoms with Crippen LogP contribution in [-0.2, 0) is 11.2 Å². The number of aromatic amines is 1. The Hall–Kier alpha value is -2.10. The van der Waals surface area contributed by atoms with Crippen LogP contribution in [0.3, 0.4) is 0 Å². The Balaban J connectivity index is 2.07. The molecule has 1 aliphatic heterocycles. The van der Waals surface area contributed by atoms with E-state index in [1.807, 2.05) is 24.3 Å². The normalized spacial score (nSPS) is 13.7. The van der Waals surface area contributed by atoms with E-state index in [4.69, 9.17) is 0 Å². The van der Waals surface area contributed by atoms with E-state index >= 15 is 0 Å². The second kappa shape index (κ2) is 2.95. The molecule has 3 rings (SSSR count). The number of hydrogen-bond donors (Lipinski definition) is 2. The Morgan fingerprint density at radius 1 is 1.27 bits per heavy atom. The maximum atomic E-state index is 11.2. The van der Waals surface area contributed by atoms with Gasteiger partial charge >= 0.3 is 0 Å². The van der Waals surface area contributed by atoms with Gasteiger partial charge in [0.05, 0.1) is 12.1 Å². The highest BCUT2D eigenvalue weighted by Crippen LogP contribution is 2.27. The van der Waals surface area contributed by atoms with Gasteiger partial charge in [0.2, 0.25) is 5.91 Å². The lowest BCUT2D eigenvalue weighted by Crippen LogP contribution is -2.03. The van der Waals surface area contributed by atoms with Gasteiger partial charge in [0.1, 0.15) is 0 Å². The number of anilines is 1. The second-order valence-corrected chi connectivity index (χ2v) is 3.57.